The number of anilines is 3. The van der Waals surface area contributed by atoms with Crippen molar-refractivity contribution in [2.45, 2.75) is 44.9 Å². The summed E-state index contributed by atoms with van der Waals surface area (Å²) >= 11 is 0. The van der Waals surface area contributed by atoms with Gasteiger partial charge in [-0.15, -0.1) is 0 Å². The van der Waals surface area contributed by atoms with Crippen LogP contribution in [0.15, 0.2) is 36.5 Å². The van der Waals surface area contributed by atoms with E-state index in [1.165, 1.54) is 38.5 Å². The molecule has 0 unspecified atom stereocenters. The van der Waals surface area contributed by atoms with E-state index in [1.54, 1.807) is 6.20 Å². The SMILES string of the molecule is c1cc(N2CCOCC2)nc(Nc2ccc(OCCCC3CCCCC3)cc2)n1. The van der Waals surface area contributed by atoms with E-state index in [-0.39, 0.29) is 0 Å². The molecule has 1 aromatic carbocycles. The number of hydrogen-bond acceptors (Lipinski definition) is 6. The molecule has 1 aliphatic heterocycles. The molecular formula is C23H32N4O2. The molecule has 4 rings (SSSR count). The number of ether oxygens (including phenoxy) is 2. The second kappa shape index (κ2) is 10.4. The summed E-state index contributed by atoms with van der Waals surface area (Å²) in [6.07, 6.45) is 11.3. The van der Waals surface area contributed by atoms with Crippen LogP contribution in [-0.4, -0.2) is 42.9 Å². The standard InChI is InChI=1S/C23H32N4O2/c1-2-5-19(6-3-1)7-4-16-29-21-10-8-20(9-11-21)25-23-24-13-12-22(26-23)27-14-17-28-18-15-27/h8-13,19H,1-7,14-18H2,(H,24,25,26). The first kappa shape index (κ1) is 20.0. The van der Waals surface area contributed by atoms with Gasteiger partial charge < -0.3 is 19.7 Å². The number of nitrogens with one attached hydrogen (secondary N) is 1. The van der Waals surface area contributed by atoms with E-state index in [1.807, 2.05) is 30.3 Å². The predicted molar refractivity (Wildman–Crippen MR) is 116 cm³/mol. The molecule has 29 heavy (non-hydrogen) atoms. The number of benzene rings is 1. The lowest BCUT2D eigenvalue weighted by atomic mass is 9.86. The van der Waals surface area contributed by atoms with Crippen molar-refractivity contribution in [2.75, 3.05) is 43.1 Å². The summed E-state index contributed by atoms with van der Waals surface area (Å²) in [5, 5.41) is 3.29. The van der Waals surface area contributed by atoms with Crippen LogP contribution in [0.4, 0.5) is 17.5 Å². The zero-order chi connectivity index (χ0) is 19.7. The predicted octanol–water partition coefficient (Wildman–Crippen LogP) is 4.80. The molecule has 2 aromatic rings. The van der Waals surface area contributed by atoms with E-state index in [0.29, 0.717) is 5.95 Å². The molecule has 1 N–H and O–H groups in total. The number of aromatic nitrogens is 2. The maximum Gasteiger partial charge on any atom is 0.229 e. The first-order valence-electron chi connectivity index (χ1n) is 11.0. The lowest BCUT2D eigenvalue weighted by Crippen LogP contribution is -2.36. The van der Waals surface area contributed by atoms with Crippen molar-refractivity contribution in [3.63, 3.8) is 0 Å². The van der Waals surface area contributed by atoms with Gasteiger partial charge in [-0.05, 0) is 49.1 Å². The quantitative estimate of drug-likeness (QED) is 0.647. The van der Waals surface area contributed by atoms with Gasteiger partial charge >= 0.3 is 0 Å². The molecule has 0 atom stereocenters. The van der Waals surface area contributed by atoms with Crippen molar-refractivity contribution < 1.29 is 9.47 Å². The minimum Gasteiger partial charge on any atom is -0.494 e. The van der Waals surface area contributed by atoms with Gasteiger partial charge in [-0.2, -0.15) is 4.98 Å². The van der Waals surface area contributed by atoms with E-state index < -0.39 is 0 Å². The van der Waals surface area contributed by atoms with Crippen LogP contribution in [0.1, 0.15) is 44.9 Å². The molecule has 2 heterocycles. The van der Waals surface area contributed by atoms with Crippen LogP contribution in [0.25, 0.3) is 0 Å². The number of rotatable bonds is 8. The summed E-state index contributed by atoms with van der Waals surface area (Å²) in [4.78, 5) is 11.2. The number of nitrogens with zero attached hydrogens (tertiary/aromatic N) is 3. The zero-order valence-corrected chi connectivity index (χ0v) is 17.2. The molecule has 6 nitrogen and oxygen atoms in total. The van der Waals surface area contributed by atoms with Crippen LogP contribution >= 0.6 is 0 Å². The van der Waals surface area contributed by atoms with Crippen LogP contribution in [0, 0.1) is 5.92 Å². The average molecular weight is 397 g/mol. The van der Waals surface area contributed by atoms with Crippen molar-refractivity contribution in [3.05, 3.63) is 36.5 Å². The van der Waals surface area contributed by atoms with Gasteiger partial charge in [0.2, 0.25) is 5.95 Å². The Morgan fingerprint density at radius 1 is 1.03 bits per heavy atom. The minimum absolute atomic E-state index is 0.607. The van der Waals surface area contributed by atoms with Crippen LogP contribution in [-0.2, 0) is 4.74 Å². The molecular weight excluding hydrogens is 364 g/mol. The Kier molecular flexibility index (Phi) is 7.18. The smallest absolute Gasteiger partial charge is 0.229 e. The van der Waals surface area contributed by atoms with Gasteiger partial charge in [-0.25, -0.2) is 4.98 Å². The van der Waals surface area contributed by atoms with Crippen LogP contribution in [0.2, 0.25) is 0 Å². The highest BCUT2D eigenvalue weighted by Crippen LogP contribution is 2.27. The molecule has 1 aromatic heterocycles. The maximum atomic E-state index is 5.92. The highest BCUT2D eigenvalue weighted by Gasteiger charge is 2.14. The van der Waals surface area contributed by atoms with Gasteiger partial charge in [0.1, 0.15) is 11.6 Å². The summed E-state index contributed by atoms with van der Waals surface area (Å²) < 4.78 is 11.3. The van der Waals surface area contributed by atoms with Crippen molar-refractivity contribution in [1.82, 2.24) is 9.97 Å². The molecule has 2 fully saturated rings. The molecule has 1 saturated carbocycles. The fraction of sp³-hybridized carbons (Fsp3) is 0.565. The molecule has 156 valence electrons. The Bertz CT molecular complexity index is 741. The maximum absolute atomic E-state index is 5.92. The average Bonchev–Trinajstić information content (AvgIpc) is 2.79. The summed E-state index contributed by atoms with van der Waals surface area (Å²) in [5.41, 5.74) is 0.957. The first-order chi connectivity index (χ1) is 14.4. The Morgan fingerprint density at radius 3 is 2.62 bits per heavy atom. The van der Waals surface area contributed by atoms with Crippen LogP contribution in [0.3, 0.4) is 0 Å². The second-order valence-electron chi connectivity index (χ2n) is 7.98. The Balaban J connectivity index is 1.24. The van der Waals surface area contributed by atoms with Gasteiger partial charge in [0.05, 0.1) is 19.8 Å². The third kappa shape index (κ3) is 6.07. The molecule has 6 heteroatoms. The van der Waals surface area contributed by atoms with Gasteiger partial charge in [0.15, 0.2) is 0 Å². The minimum atomic E-state index is 0.607. The molecule has 0 spiro atoms. The summed E-state index contributed by atoms with van der Waals surface area (Å²) in [6, 6.07) is 9.99. The molecule has 0 radical (unpaired) electrons. The van der Waals surface area contributed by atoms with Crippen molar-refractivity contribution in [3.8, 4) is 5.75 Å². The number of morpholine rings is 1. The van der Waals surface area contributed by atoms with E-state index in [2.05, 4.69) is 20.2 Å². The van der Waals surface area contributed by atoms with E-state index in [9.17, 15) is 0 Å². The molecule has 2 aliphatic rings. The van der Waals surface area contributed by atoms with Crippen molar-refractivity contribution >= 4 is 17.5 Å². The summed E-state index contributed by atoms with van der Waals surface area (Å²) in [6.45, 7) is 4.02. The Labute approximate surface area is 173 Å². The van der Waals surface area contributed by atoms with Crippen molar-refractivity contribution in [1.29, 1.82) is 0 Å². The lowest BCUT2D eigenvalue weighted by Gasteiger charge is -2.27. The highest BCUT2D eigenvalue weighted by atomic mass is 16.5. The highest BCUT2D eigenvalue weighted by molar-refractivity contribution is 5.56. The summed E-state index contributed by atoms with van der Waals surface area (Å²) in [5.74, 6) is 3.38. The fourth-order valence-electron chi connectivity index (χ4n) is 4.18. The van der Waals surface area contributed by atoms with Crippen molar-refractivity contribution in [2.24, 2.45) is 5.92 Å². The monoisotopic (exact) mass is 396 g/mol. The van der Waals surface area contributed by atoms with Gasteiger partial charge in [0.25, 0.3) is 0 Å². The molecule has 1 aliphatic carbocycles. The zero-order valence-electron chi connectivity index (χ0n) is 17.2. The summed E-state index contributed by atoms with van der Waals surface area (Å²) in [7, 11) is 0. The fourth-order valence-corrected chi connectivity index (χ4v) is 4.18. The topological polar surface area (TPSA) is 59.5 Å². The normalized spacial score (nSPS) is 17.9. The third-order valence-electron chi connectivity index (χ3n) is 5.84. The largest absolute Gasteiger partial charge is 0.494 e. The van der Waals surface area contributed by atoms with E-state index >= 15 is 0 Å². The number of hydrogen-bond donors (Lipinski definition) is 1. The van der Waals surface area contributed by atoms with Gasteiger partial charge in [0, 0.05) is 25.0 Å². The Hall–Kier alpha value is -2.34. The second-order valence-corrected chi connectivity index (χ2v) is 7.98. The molecule has 1 saturated heterocycles. The van der Waals surface area contributed by atoms with E-state index in [0.717, 1.165) is 62.5 Å². The van der Waals surface area contributed by atoms with Crippen LogP contribution in [0.5, 0.6) is 5.75 Å². The Morgan fingerprint density at radius 2 is 1.83 bits per heavy atom. The van der Waals surface area contributed by atoms with Gasteiger partial charge in [-0.1, -0.05) is 32.1 Å². The third-order valence-corrected chi connectivity index (χ3v) is 5.84. The van der Waals surface area contributed by atoms with E-state index in [4.69, 9.17) is 9.47 Å². The van der Waals surface area contributed by atoms with Gasteiger partial charge in [-0.3, -0.25) is 0 Å². The molecule has 0 amide bonds. The molecule has 0 bridgehead atoms. The van der Waals surface area contributed by atoms with Crippen LogP contribution < -0.4 is 15.0 Å². The first-order valence-corrected chi connectivity index (χ1v) is 11.0. The lowest BCUT2D eigenvalue weighted by molar-refractivity contribution is 0.122.